The topological polar surface area (TPSA) is 61.8 Å². The summed E-state index contributed by atoms with van der Waals surface area (Å²) in [4.78, 5) is 14.3. The normalized spacial score (nSPS) is 33.4. The fraction of sp³-hybridized carbons (Fsp3) is 0.923. The zero-order valence-electron chi connectivity index (χ0n) is 11.1. The van der Waals surface area contributed by atoms with Crippen LogP contribution in [0.15, 0.2) is 0 Å². The van der Waals surface area contributed by atoms with Gasteiger partial charge in [0.05, 0.1) is 31.9 Å². The van der Waals surface area contributed by atoms with Crippen molar-refractivity contribution in [2.45, 2.75) is 38.3 Å². The fourth-order valence-electron chi connectivity index (χ4n) is 2.85. The van der Waals surface area contributed by atoms with Gasteiger partial charge in [-0.2, -0.15) is 0 Å². The van der Waals surface area contributed by atoms with Gasteiger partial charge in [0.1, 0.15) is 0 Å². The third-order valence-corrected chi connectivity index (χ3v) is 4.11. The highest BCUT2D eigenvalue weighted by molar-refractivity contribution is 5.82. The Labute approximate surface area is 108 Å². The lowest BCUT2D eigenvalue weighted by Crippen LogP contribution is -2.57. The lowest BCUT2D eigenvalue weighted by molar-refractivity contribution is -0.144. The maximum absolute atomic E-state index is 12.5. The third-order valence-electron chi connectivity index (χ3n) is 4.11. The summed E-state index contributed by atoms with van der Waals surface area (Å²) < 4.78 is 5.31. The van der Waals surface area contributed by atoms with Gasteiger partial charge in [0, 0.05) is 6.54 Å². The van der Waals surface area contributed by atoms with Gasteiger partial charge in [-0.05, 0) is 25.3 Å². The summed E-state index contributed by atoms with van der Waals surface area (Å²) in [7, 11) is 0. The Bertz CT molecular complexity index is 285. The number of carbonyl (C=O) groups is 1. The van der Waals surface area contributed by atoms with Crippen molar-refractivity contribution in [3.8, 4) is 0 Å². The first kappa shape index (κ1) is 13.8. The average molecular weight is 256 g/mol. The number of ether oxygens (including phenoxy) is 1. The van der Waals surface area contributed by atoms with Gasteiger partial charge in [0.2, 0.25) is 5.91 Å². The number of nitrogens with one attached hydrogen (secondary N) is 1. The van der Waals surface area contributed by atoms with Crippen LogP contribution in [0.2, 0.25) is 0 Å². The number of hydrogen-bond acceptors (Lipinski definition) is 4. The van der Waals surface area contributed by atoms with Crippen molar-refractivity contribution >= 4 is 5.91 Å². The van der Waals surface area contributed by atoms with E-state index in [1.54, 1.807) is 4.90 Å². The molecule has 0 aliphatic carbocycles. The third kappa shape index (κ3) is 3.02. The first-order valence-corrected chi connectivity index (χ1v) is 6.98. The Morgan fingerprint density at radius 3 is 3.11 bits per heavy atom. The SMILES string of the molecule is CCC1CCNC(C(=O)N2CCOCC2CO)C1. The summed E-state index contributed by atoms with van der Waals surface area (Å²) in [6.07, 6.45) is 3.22. The van der Waals surface area contributed by atoms with E-state index in [4.69, 9.17) is 4.74 Å². The van der Waals surface area contributed by atoms with E-state index in [9.17, 15) is 9.90 Å². The summed E-state index contributed by atoms with van der Waals surface area (Å²) in [5.74, 6) is 0.782. The quantitative estimate of drug-likeness (QED) is 0.745. The minimum atomic E-state index is -0.171. The lowest BCUT2D eigenvalue weighted by atomic mass is 9.89. The fourth-order valence-corrected chi connectivity index (χ4v) is 2.85. The van der Waals surface area contributed by atoms with Crippen molar-refractivity contribution in [3.63, 3.8) is 0 Å². The number of nitrogens with zero attached hydrogens (tertiary/aromatic N) is 1. The van der Waals surface area contributed by atoms with Crippen LogP contribution in [0.5, 0.6) is 0 Å². The van der Waals surface area contributed by atoms with Crippen LogP contribution < -0.4 is 5.32 Å². The molecule has 2 fully saturated rings. The number of amides is 1. The Hall–Kier alpha value is -0.650. The molecule has 2 heterocycles. The van der Waals surface area contributed by atoms with E-state index >= 15 is 0 Å². The molecule has 0 aromatic carbocycles. The van der Waals surface area contributed by atoms with Crippen LogP contribution in [0.3, 0.4) is 0 Å². The molecule has 2 N–H and O–H groups in total. The molecule has 0 radical (unpaired) electrons. The highest BCUT2D eigenvalue weighted by atomic mass is 16.5. The average Bonchev–Trinajstić information content (AvgIpc) is 2.46. The minimum Gasteiger partial charge on any atom is -0.394 e. The van der Waals surface area contributed by atoms with Gasteiger partial charge in [-0.3, -0.25) is 4.79 Å². The van der Waals surface area contributed by atoms with Crippen LogP contribution in [0.1, 0.15) is 26.2 Å². The lowest BCUT2D eigenvalue weighted by Gasteiger charge is -2.39. The molecule has 3 unspecified atom stereocenters. The van der Waals surface area contributed by atoms with E-state index < -0.39 is 0 Å². The molecule has 5 heteroatoms. The molecule has 0 bridgehead atoms. The largest absolute Gasteiger partial charge is 0.394 e. The Morgan fingerprint density at radius 1 is 1.56 bits per heavy atom. The monoisotopic (exact) mass is 256 g/mol. The van der Waals surface area contributed by atoms with Gasteiger partial charge < -0.3 is 20.1 Å². The maximum Gasteiger partial charge on any atom is 0.240 e. The van der Waals surface area contributed by atoms with Crippen molar-refractivity contribution in [2.75, 3.05) is 32.9 Å². The van der Waals surface area contributed by atoms with Crippen LogP contribution in [-0.4, -0.2) is 60.9 Å². The van der Waals surface area contributed by atoms with Crippen molar-refractivity contribution in [1.29, 1.82) is 0 Å². The Kier molecular flexibility index (Phi) is 4.97. The predicted octanol–water partition coefficient (Wildman–Crippen LogP) is -0.0157. The minimum absolute atomic E-state index is 0.0182. The number of carbonyl (C=O) groups excluding carboxylic acids is 1. The van der Waals surface area contributed by atoms with Crippen LogP contribution >= 0.6 is 0 Å². The van der Waals surface area contributed by atoms with Gasteiger partial charge >= 0.3 is 0 Å². The molecule has 0 saturated carbocycles. The number of aliphatic hydroxyl groups is 1. The maximum atomic E-state index is 12.5. The second kappa shape index (κ2) is 6.50. The molecule has 2 rings (SSSR count). The van der Waals surface area contributed by atoms with Crippen LogP contribution in [-0.2, 0) is 9.53 Å². The van der Waals surface area contributed by atoms with E-state index in [1.165, 1.54) is 0 Å². The summed E-state index contributed by atoms with van der Waals surface area (Å²) in [5, 5.41) is 12.6. The molecule has 2 saturated heterocycles. The summed E-state index contributed by atoms with van der Waals surface area (Å²) in [6, 6.07) is -0.245. The number of rotatable bonds is 3. The molecular formula is C13H24N2O3. The zero-order valence-corrected chi connectivity index (χ0v) is 11.1. The van der Waals surface area contributed by atoms with E-state index in [-0.39, 0.29) is 24.6 Å². The molecule has 3 atom stereocenters. The molecule has 1 amide bonds. The van der Waals surface area contributed by atoms with Gasteiger partial charge in [-0.1, -0.05) is 13.3 Å². The van der Waals surface area contributed by atoms with Gasteiger partial charge in [0.25, 0.3) is 0 Å². The van der Waals surface area contributed by atoms with E-state index in [0.29, 0.717) is 25.7 Å². The van der Waals surface area contributed by atoms with Gasteiger partial charge in [0.15, 0.2) is 0 Å². The second-order valence-corrected chi connectivity index (χ2v) is 5.25. The Morgan fingerprint density at radius 2 is 2.39 bits per heavy atom. The second-order valence-electron chi connectivity index (χ2n) is 5.25. The van der Waals surface area contributed by atoms with Crippen molar-refractivity contribution in [3.05, 3.63) is 0 Å². The Balaban J connectivity index is 1.96. The van der Waals surface area contributed by atoms with E-state index in [0.717, 1.165) is 25.8 Å². The molecule has 0 spiro atoms. The van der Waals surface area contributed by atoms with Crippen molar-refractivity contribution < 1.29 is 14.6 Å². The number of hydrogen-bond donors (Lipinski definition) is 2. The first-order chi connectivity index (χ1) is 8.76. The number of aliphatic hydroxyl groups excluding tert-OH is 1. The highest BCUT2D eigenvalue weighted by Crippen LogP contribution is 2.21. The predicted molar refractivity (Wildman–Crippen MR) is 68.2 cm³/mol. The van der Waals surface area contributed by atoms with Crippen molar-refractivity contribution in [1.82, 2.24) is 10.2 Å². The smallest absolute Gasteiger partial charge is 0.240 e. The molecule has 0 aromatic heterocycles. The summed E-state index contributed by atoms with van der Waals surface area (Å²) in [5.41, 5.74) is 0. The van der Waals surface area contributed by atoms with E-state index in [2.05, 4.69) is 12.2 Å². The highest BCUT2D eigenvalue weighted by Gasteiger charge is 2.33. The number of morpholine rings is 1. The molecule has 18 heavy (non-hydrogen) atoms. The van der Waals surface area contributed by atoms with Crippen LogP contribution in [0, 0.1) is 5.92 Å². The molecular weight excluding hydrogens is 232 g/mol. The zero-order chi connectivity index (χ0) is 13.0. The molecule has 0 aromatic rings. The van der Waals surface area contributed by atoms with E-state index in [1.807, 2.05) is 0 Å². The standard InChI is InChI=1S/C13H24N2O3/c1-2-10-3-4-14-12(7-10)13(17)15-5-6-18-9-11(15)8-16/h10-12,14,16H,2-9H2,1H3. The number of piperidine rings is 1. The van der Waals surface area contributed by atoms with Gasteiger partial charge in [-0.25, -0.2) is 0 Å². The summed E-state index contributed by atoms with van der Waals surface area (Å²) in [6.45, 7) is 4.71. The summed E-state index contributed by atoms with van der Waals surface area (Å²) >= 11 is 0. The molecule has 2 aliphatic heterocycles. The first-order valence-electron chi connectivity index (χ1n) is 6.98. The van der Waals surface area contributed by atoms with Gasteiger partial charge in [-0.15, -0.1) is 0 Å². The van der Waals surface area contributed by atoms with Crippen LogP contribution in [0.25, 0.3) is 0 Å². The molecule has 2 aliphatic rings. The van der Waals surface area contributed by atoms with Crippen LogP contribution in [0.4, 0.5) is 0 Å². The molecule has 104 valence electrons. The molecule has 5 nitrogen and oxygen atoms in total. The van der Waals surface area contributed by atoms with Crippen molar-refractivity contribution in [2.24, 2.45) is 5.92 Å².